The van der Waals surface area contributed by atoms with Crippen LogP contribution < -0.4 is 9.46 Å². The normalized spacial score (nSPS) is 24.1. The SMILES string of the molecule is COc1ccc([C@H](NS(=O)(=O)N2C[C@@H](C)O[C@@H](C)C2)C(C)C)cc1. The van der Waals surface area contributed by atoms with Crippen LogP contribution in [0.3, 0.4) is 0 Å². The summed E-state index contributed by atoms with van der Waals surface area (Å²) in [5, 5.41) is 0. The first-order chi connectivity index (χ1) is 11.2. The molecule has 0 aliphatic carbocycles. The summed E-state index contributed by atoms with van der Waals surface area (Å²) in [6.07, 6.45) is -0.215. The van der Waals surface area contributed by atoms with Crippen molar-refractivity contribution in [3.05, 3.63) is 29.8 Å². The van der Waals surface area contributed by atoms with Crippen LogP contribution in [-0.2, 0) is 14.9 Å². The number of ether oxygens (including phenoxy) is 2. The Balaban J connectivity index is 2.19. The smallest absolute Gasteiger partial charge is 0.280 e. The maximum atomic E-state index is 12.8. The van der Waals surface area contributed by atoms with Crippen LogP contribution in [0.15, 0.2) is 24.3 Å². The fraction of sp³-hybridized carbons (Fsp3) is 0.647. The van der Waals surface area contributed by atoms with Crippen molar-refractivity contribution in [3.63, 3.8) is 0 Å². The molecule has 1 saturated heterocycles. The van der Waals surface area contributed by atoms with E-state index in [1.807, 2.05) is 52.0 Å². The van der Waals surface area contributed by atoms with E-state index in [9.17, 15) is 8.42 Å². The lowest BCUT2D eigenvalue weighted by atomic mass is 9.97. The highest BCUT2D eigenvalue weighted by atomic mass is 32.2. The van der Waals surface area contributed by atoms with Crippen molar-refractivity contribution in [1.29, 1.82) is 0 Å². The number of nitrogens with one attached hydrogen (secondary N) is 1. The van der Waals surface area contributed by atoms with E-state index in [4.69, 9.17) is 9.47 Å². The van der Waals surface area contributed by atoms with E-state index in [1.54, 1.807) is 7.11 Å². The maximum absolute atomic E-state index is 12.8. The molecule has 6 nitrogen and oxygen atoms in total. The Morgan fingerprint density at radius 1 is 1.17 bits per heavy atom. The van der Waals surface area contributed by atoms with Gasteiger partial charge in [0.2, 0.25) is 0 Å². The summed E-state index contributed by atoms with van der Waals surface area (Å²) in [4.78, 5) is 0. The standard InChI is InChI=1S/C17H28N2O4S/c1-12(2)17(15-6-8-16(22-5)9-7-15)18-24(20,21)19-10-13(3)23-14(4)11-19/h6-9,12-14,17-18H,10-11H2,1-5H3/t13-,14+,17-/m1/s1. The second-order valence-corrected chi connectivity index (χ2v) is 8.39. The van der Waals surface area contributed by atoms with Crippen LogP contribution in [0, 0.1) is 5.92 Å². The van der Waals surface area contributed by atoms with Crippen LogP contribution in [0.4, 0.5) is 0 Å². The fourth-order valence-electron chi connectivity index (χ4n) is 2.96. The van der Waals surface area contributed by atoms with Gasteiger partial charge in [0.15, 0.2) is 0 Å². The number of benzene rings is 1. The molecule has 0 saturated carbocycles. The second kappa shape index (κ2) is 7.82. The largest absolute Gasteiger partial charge is 0.497 e. The van der Waals surface area contributed by atoms with Gasteiger partial charge in [-0.25, -0.2) is 0 Å². The summed E-state index contributed by atoms with van der Waals surface area (Å²) in [6.45, 7) is 8.52. The van der Waals surface area contributed by atoms with Crippen molar-refractivity contribution in [2.45, 2.75) is 45.9 Å². The molecule has 1 aliphatic heterocycles. The quantitative estimate of drug-likeness (QED) is 0.849. The van der Waals surface area contributed by atoms with E-state index >= 15 is 0 Å². The summed E-state index contributed by atoms with van der Waals surface area (Å²) >= 11 is 0. The number of hydrogen-bond acceptors (Lipinski definition) is 4. The van der Waals surface area contributed by atoms with Gasteiger partial charge in [-0.1, -0.05) is 26.0 Å². The Hall–Kier alpha value is -1.15. The zero-order valence-electron chi connectivity index (χ0n) is 15.0. The highest BCUT2D eigenvalue weighted by Gasteiger charge is 2.33. The molecule has 0 amide bonds. The Morgan fingerprint density at radius 3 is 2.17 bits per heavy atom. The van der Waals surface area contributed by atoms with E-state index < -0.39 is 10.2 Å². The lowest BCUT2D eigenvalue weighted by Gasteiger charge is -2.35. The molecule has 1 fully saturated rings. The molecule has 0 radical (unpaired) electrons. The minimum Gasteiger partial charge on any atom is -0.497 e. The van der Waals surface area contributed by atoms with Crippen LogP contribution in [-0.4, -0.2) is 45.1 Å². The zero-order valence-corrected chi connectivity index (χ0v) is 15.8. The highest BCUT2D eigenvalue weighted by molar-refractivity contribution is 7.87. The molecule has 0 bridgehead atoms. The van der Waals surface area contributed by atoms with Gasteiger partial charge in [0.05, 0.1) is 25.4 Å². The molecule has 0 aromatic heterocycles. The number of nitrogens with zero attached hydrogens (tertiary/aromatic N) is 1. The minimum atomic E-state index is -3.59. The Labute approximate surface area is 145 Å². The first kappa shape index (κ1) is 19.2. The van der Waals surface area contributed by atoms with E-state index in [0.717, 1.165) is 11.3 Å². The minimum absolute atomic E-state index is 0.108. The first-order valence-electron chi connectivity index (χ1n) is 8.29. The molecule has 1 N–H and O–H groups in total. The molecule has 1 aliphatic rings. The van der Waals surface area contributed by atoms with Crippen molar-refractivity contribution in [2.75, 3.05) is 20.2 Å². The summed E-state index contributed by atoms with van der Waals surface area (Å²) in [5.74, 6) is 0.865. The molecule has 3 atom stereocenters. The van der Waals surface area contributed by atoms with Crippen molar-refractivity contribution >= 4 is 10.2 Å². The van der Waals surface area contributed by atoms with Gasteiger partial charge in [-0.2, -0.15) is 17.4 Å². The third-order valence-corrected chi connectivity index (χ3v) is 5.67. The number of morpholine rings is 1. The fourth-order valence-corrected chi connectivity index (χ4v) is 4.65. The number of rotatable bonds is 6. The average Bonchev–Trinajstić information content (AvgIpc) is 2.51. The predicted molar refractivity (Wildman–Crippen MR) is 94.2 cm³/mol. The van der Waals surface area contributed by atoms with Gasteiger partial charge >= 0.3 is 0 Å². The molecule has 0 spiro atoms. The molecular weight excluding hydrogens is 328 g/mol. The van der Waals surface area contributed by atoms with Crippen LogP contribution in [0.25, 0.3) is 0 Å². The van der Waals surface area contributed by atoms with E-state index in [1.165, 1.54) is 4.31 Å². The number of methoxy groups -OCH3 is 1. The predicted octanol–water partition coefficient (Wildman–Crippen LogP) is 2.34. The molecule has 1 aromatic rings. The molecule has 136 valence electrons. The van der Waals surface area contributed by atoms with Crippen LogP contribution in [0.1, 0.15) is 39.3 Å². The van der Waals surface area contributed by atoms with Gasteiger partial charge in [0.25, 0.3) is 10.2 Å². The van der Waals surface area contributed by atoms with Crippen molar-refractivity contribution < 1.29 is 17.9 Å². The lowest BCUT2D eigenvalue weighted by molar-refractivity contribution is -0.0445. The Bertz CT molecular complexity index is 620. The Morgan fingerprint density at radius 2 is 1.71 bits per heavy atom. The van der Waals surface area contributed by atoms with Crippen LogP contribution in [0.5, 0.6) is 5.75 Å². The first-order valence-corrected chi connectivity index (χ1v) is 9.73. The molecule has 1 heterocycles. The lowest BCUT2D eigenvalue weighted by Crippen LogP contribution is -2.52. The third-order valence-electron chi connectivity index (χ3n) is 4.14. The number of hydrogen-bond donors (Lipinski definition) is 1. The molecule has 24 heavy (non-hydrogen) atoms. The highest BCUT2D eigenvalue weighted by Crippen LogP contribution is 2.26. The van der Waals surface area contributed by atoms with Gasteiger partial charge < -0.3 is 9.47 Å². The van der Waals surface area contributed by atoms with Crippen molar-refractivity contribution in [1.82, 2.24) is 9.03 Å². The third kappa shape index (κ3) is 4.69. The second-order valence-electron chi connectivity index (χ2n) is 6.69. The molecule has 1 aromatic carbocycles. The van der Waals surface area contributed by atoms with Gasteiger partial charge in [0.1, 0.15) is 5.75 Å². The maximum Gasteiger partial charge on any atom is 0.280 e. The summed E-state index contributed by atoms with van der Waals surface area (Å²) < 4.78 is 40.8. The van der Waals surface area contributed by atoms with Crippen molar-refractivity contribution in [2.24, 2.45) is 5.92 Å². The van der Waals surface area contributed by atoms with Gasteiger partial charge in [0, 0.05) is 13.1 Å². The molecule has 0 unspecified atom stereocenters. The van der Waals surface area contributed by atoms with Crippen molar-refractivity contribution in [3.8, 4) is 5.75 Å². The van der Waals surface area contributed by atoms with Crippen LogP contribution >= 0.6 is 0 Å². The van der Waals surface area contributed by atoms with Gasteiger partial charge in [-0.3, -0.25) is 0 Å². The molecular formula is C17H28N2O4S. The summed E-state index contributed by atoms with van der Waals surface area (Å²) in [5.41, 5.74) is 0.920. The topological polar surface area (TPSA) is 67.9 Å². The zero-order chi connectivity index (χ0) is 17.9. The Kier molecular flexibility index (Phi) is 6.25. The van der Waals surface area contributed by atoms with E-state index in [2.05, 4.69) is 4.72 Å². The van der Waals surface area contributed by atoms with E-state index in [-0.39, 0.29) is 24.2 Å². The van der Waals surface area contributed by atoms with Gasteiger partial charge in [-0.15, -0.1) is 0 Å². The molecule has 7 heteroatoms. The van der Waals surface area contributed by atoms with Gasteiger partial charge in [-0.05, 0) is 37.5 Å². The average molecular weight is 356 g/mol. The monoisotopic (exact) mass is 356 g/mol. The summed E-state index contributed by atoms with van der Waals surface area (Å²) in [7, 11) is -1.98. The summed E-state index contributed by atoms with van der Waals surface area (Å²) in [6, 6.07) is 7.19. The molecule has 2 rings (SSSR count). The van der Waals surface area contributed by atoms with E-state index in [0.29, 0.717) is 13.1 Å². The van der Waals surface area contributed by atoms with Crippen LogP contribution in [0.2, 0.25) is 0 Å².